The van der Waals surface area contributed by atoms with Crippen molar-refractivity contribution in [2.24, 2.45) is 0 Å². The number of para-hydroxylation sites is 1. The van der Waals surface area contributed by atoms with Crippen molar-refractivity contribution in [1.82, 2.24) is 5.32 Å². The molecule has 5 heteroatoms. The van der Waals surface area contributed by atoms with Crippen LogP contribution in [0.1, 0.15) is 19.3 Å². The smallest absolute Gasteiger partial charge is 0.323 e. The highest BCUT2D eigenvalue weighted by Crippen LogP contribution is 2.31. The molecule has 0 saturated heterocycles. The third-order valence-electron chi connectivity index (χ3n) is 3.28. The van der Waals surface area contributed by atoms with Crippen molar-refractivity contribution in [3.63, 3.8) is 0 Å². The number of hydrogen-bond donors (Lipinski definition) is 2. The van der Waals surface area contributed by atoms with Crippen LogP contribution in [0.5, 0.6) is 5.75 Å². The highest BCUT2D eigenvalue weighted by atomic mass is 35.5. The van der Waals surface area contributed by atoms with Crippen molar-refractivity contribution >= 4 is 17.6 Å². The van der Waals surface area contributed by atoms with Crippen LogP contribution in [0.2, 0.25) is 5.02 Å². The Hall–Kier alpha value is -1.26. The summed E-state index contributed by atoms with van der Waals surface area (Å²) in [7, 11) is 0. The van der Waals surface area contributed by atoms with Crippen LogP contribution in [0.4, 0.5) is 0 Å². The molecule has 0 amide bonds. The van der Waals surface area contributed by atoms with E-state index in [1.807, 2.05) is 12.1 Å². The van der Waals surface area contributed by atoms with Crippen LogP contribution in [-0.2, 0) is 4.79 Å². The second kappa shape index (κ2) is 5.59. The maximum atomic E-state index is 11.1. The van der Waals surface area contributed by atoms with Crippen LogP contribution >= 0.6 is 11.6 Å². The average Bonchev–Trinajstić information content (AvgIpc) is 2.28. The fourth-order valence-electron chi connectivity index (χ4n) is 2.01. The van der Waals surface area contributed by atoms with Gasteiger partial charge < -0.3 is 9.84 Å². The number of nitrogens with one attached hydrogen (secondary N) is 1. The predicted octanol–water partition coefficient (Wildman–Crippen LogP) is 2.32. The van der Waals surface area contributed by atoms with Gasteiger partial charge in [0.15, 0.2) is 0 Å². The van der Waals surface area contributed by atoms with Crippen molar-refractivity contribution in [3.05, 3.63) is 29.3 Å². The summed E-state index contributed by atoms with van der Waals surface area (Å²) in [5.74, 6) is -0.148. The summed E-state index contributed by atoms with van der Waals surface area (Å²) in [5, 5.41) is 12.7. The lowest BCUT2D eigenvalue weighted by atomic mass is 9.77. The third-order valence-corrected chi connectivity index (χ3v) is 3.59. The van der Waals surface area contributed by atoms with E-state index in [9.17, 15) is 4.79 Å². The standard InChI is InChI=1S/C13H16ClNO3/c14-10-4-1-2-5-11(10)18-9-8-15-13(12(16)17)6-3-7-13/h1-2,4-5,15H,3,6-9H2,(H,16,17). The largest absolute Gasteiger partial charge is 0.491 e. The van der Waals surface area contributed by atoms with Crippen molar-refractivity contribution in [3.8, 4) is 5.75 Å². The normalized spacial score (nSPS) is 16.9. The highest BCUT2D eigenvalue weighted by Gasteiger charge is 2.43. The second-order valence-corrected chi connectivity index (χ2v) is 4.85. The monoisotopic (exact) mass is 269 g/mol. The number of carboxylic acids is 1. The van der Waals surface area contributed by atoms with Crippen molar-refractivity contribution in [2.75, 3.05) is 13.2 Å². The number of benzene rings is 1. The zero-order chi connectivity index (χ0) is 13.0. The molecule has 0 bridgehead atoms. The first kappa shape index (κ1) is 13.2. The van der Waals surface area contributed by atoms with Gasteiger partial charge in [-0.15, -0.1) is 0 Å². The lowest BCUT2D eigenvalue weighted by molar-refractivity contribution is -0.148. The molecule has 18 heavy (non-hydrogen) atoms. The Morgan fingerprint density at radius 1 is 1.44 bits per heavy atom. The summed E-state index contributed by atoms with van der Waals surface area (Å²) in [6, 6.07) is 7.23. The van der Waals surface area contributed by atoms with E-state index in [0.29, 0.717) is 36.8 Å². The minimum absolute atomic E-state index is 0.402. The molecule has 1 aromatic carbocycles. The predicted molar refractivity (Wildman–Crippen MR) is 69.2 cm³/mol. The molecule has 1 aliphatic carbocycles. The van der Waals surface area contributed by atoms with Gasteiger partial charge in [-0.1, -0.05) is 23.7 Å². The molecule has 0 heterocycles. The Bertz CT molecular complexity index is 432. The summed E-state index contributed by atoms with van der Waals surface area (Å²) < 4.78 is 5.49. The molecule has 0 unspecified atom stereocenters. The van der Waals surface area contributed by atoms with E-state index < -0.39 is 11.5 Å². The van der Waals surface area contributed by atoms with Gasteiger partial charge in [-0.3, -0.25) is 10.1 Å². The van der Waals surface area contributed by atoms with Crippen LogP contribution in [0.3, 0.4) is 0 Å². The molecule has 1 aromatic rings. The number of ether oxygens (including phenoxy) is 1. The summed E-state index contributed by atoms with van der Waals surface area (Å²) in [5.41, 5.74) is -0.732. The molecule has 1 saturated carbocycles. The van der Waals surface area contributed by atoms with Crippen LogP contribution < -0.4 is 10.1 Å². The number of aliphatic carboxylic acids is 1. The number of halogens is 1. The lowest BCUT2D eigenvalue weighted by Gasteiger charge is -2.38. The number of hydrogen-bond acceptors (Lipinski definition) is 3. The van der Waals surface area contributed by atoms with Crippen molar-refractivity contribution < 1.29 is 14.6 Å². The van der Waals surface area contributed by atoms with Gasteiger partial charge in [-0.25, -0.2) is 0 Å². The molecule has 4 nitrogen and oxygen atoms in total. The summed E-state index contributed by atoms with van der Waals surface area (Å²) in [6.07, 6.45) is 2.34. The fourth-order valence-corrected chi connectivity index (χ4v) is 2.20. The quantitative estimate of drug-likeness (QED) is 0.778. The molecule has 2 rings (SSSR count). The maximum absolute atomic E-state index is 11.1. The van der Waals surface area contributed by atoms with E-state index >= 15 is 0 Å². The van der Waals surface area contributed by atoms with E-state index in [1.54, 1.807) is 12.1 Å². The van der Waals surface area contributed by atoms with Gasteiger partial charge in [-0.05, 0) is 31.4 Å². The Morgan fingerprint density at radius 3 is 2.72 bits per heavy atom. The van der Waals surface area contributed by atoms with Crippen molar-refractivity contribution in [1.29, 1.82) is 0 Å². The zero-order valence-electron chi connectivity index (χ0n) is 9.99. The first-order chi connectivity index (χ1) is 8.64. The summed E-state index contributed by atoms with van der Waals surface area (Å²) in [6.45, 7) is 0.899. The van der Waals surface area contributed by atoms with Crippen LogP contribution in [0.25, 0.3) is 0 Å². The van der Waals surface area contributed by atoms with Gasteiger partial charge >= 0.3 is 5.97 Å². The van der Waals surface area contributed by atoms with Crippen LogP contribution in [0.15, 0.2) is 24.3 Å². The molecule has 98 valence electrons. The molecule has 0 atom stereocenters. The van der Waals surface area contributed by atoms with E-state index in [2.05, 4.69) is 5.32 Å². The third kappa shape index (κ3) is 2.76. The number of rotatable bonds is 6. The van der Waals surface area contributed by atoms with Gasteiger partial charge in [0.1, 0.15) is 17.9 Å². The van der Waals surface area contributed by atoms with Gasteiger partial charge in [0.05, 0.1) is 5.02 Å². The molecule has 0 radical (unpaired) electrons. The topological polar surface area (TPSA) is 58.6 Å². The highest BCUT2D eigenvalue weighted by molar-refractivity contribution is 6.32. The molecule has 1 aliphatic rings. The molecule has 1 fully saturated rings. The molecule has 0 spiro atoms. The summed E-state index contributed by atoms with van der Waals surface area (Å²) >= 11 is 5.94. The molecule has 0 aromatic heterocycles. The van der Waals surface area contributed by atoms with Crippen LogP contribution in [-0.4, -0.2) is 29.8 Å². The molecule has 2 N–H and O–H groups in total. The number of carboxylic acid groups (broad SMARTS) is 1. The Labute approximate surface area is 111 Å². The molecule has 0 aliphatic heterocycles. The Kier molecular flexibility index (Phi) is 4.09. The second-order valence-electron chi connectivity index (χ2n) is 4.45. The van der Waals surface area contributed by atoms with E-state index in [0.717, 1.165) is 6.42 Å². The van der Waals surface area contributed by atoms with Gasteiger partial charge in [-0.2, -0.15) is 0 Å². The molecular weight excluding hydrogens is 254 g/mol. The van der Waals surface area contributed by atoms with Crippen molar-refractivity contribution in [2.45, 2.75) is 24.8 Å². The van der Waals surface area contributed by atoms with Gasteiger partial charge in [0, 0.05) is 6.54 Å². The average molecular weight is 270 g/mol. The van der Waals surface area contributed by atoms with Gasteiger partial charge in [0.25, 0.3) is 0 Å². The first-order valence-corrected chi connectivity index (χ1v) is 6.38. The number of carbonyl (C=O) groups is 1. The molecular formula is C13H16ClNO3. The SMILES string of the molecule is O=C(O)C1(NCCOc2ccccc2Cl)CCC1. The zero-order valence-corrected chi connectivity index (χ0v) is 10.7. The van der Waals surface area contributed by atoms with E-state index in [4.69, 9.17) is 21.4 Å². The minimum Gasteiger partial charge on any atom is -0.491 e. The Balaban J connectivity index is 1.76. The van der Waals surface area contributed by atoms with Crippen LogP contribution in [0, 0.1) is 0 Å². The van der Waals surface area contributed by atoms with Gasteiger partial charge in [0.2, 0.25) is 0 Å². The fraction of sp³-hybridized carbons (Fsp3) is 0.462. The summed E-state index contributed by atoms with van der Waals surface area (Å²) in [4.78, 5) is 11.1. The Morgan fingerprint density at radius 2 is 2.17 bits per heavy atom. The maximum Gasteiger partial charge on any atom is 0.323 e. The van der Waals surface area contributed by atoms with E-state index in [-0.39, 0.29) is 0 Å². The first-order valence-electron chi connectivity index (χ1n) is 6.00. The minimum atomic E-state index is -0.772. The van der Waals surface area contributed by atoms with E-state index in [1.165, 1.54) is 0 Å². The lowest BCUT2D eigenvalue weighted by Crippen LogP contribution is -2.57.